The highest BCUT2D eigenvalue weighted by Crippen LogP contribution is 2.20. The Morgan fingerprint density at radius 2 is 2.00 bits per heavy atom. The molecule has 0 radical (unpaired) electrons. The first-order valence-corrected chi connectivity index (χ1v) is 7.34. The van der Waals surface area contributed by atoms with Gasteiger partial charge in [0.2, 0.25) is 0 Å². The minimum Gasteiger partial charge on any atom is -0.465 e. The van der Waals surface area contributed by atoms with Crippen LogP contribution in [0.3, 0.4) is 0 Å². The summed E-state index contributed by atoms with van der Waals surface area (Å²) in [5.41, 5.74) is 0. The number of rotatable bonds is 7. The smallest absolute Gasteiger partial charge is 0.323 e. The molecule has 0 aromatic rings. The molecule has 1 unspecified atom stereocenters. The maximum atomic E-state index is 11.9. The van der Waals surface area contributed by atoms with Gasteiger partial charge in [-0.15, -0.1) is 0 Å². The maximum Gasteiger partial charge on any atom is 0.323 e. The van der Waals surface area contributed by atoms with Gasteiger partial charge in [0, 0.05) is 0 Å². The number of nitrogens with zero attached hydrogens (tertiary/aromatic N) is 1. The molecule has 1 rings (SSSR count). The molecule has 106 valence electrons. The fraction of sp³-hybridized carbons (Fsp3) is 0.929. The van der Waals surface area contributed by atoms with Gasteiger partial charge in [0.15, 0.2) is 0 Å². The van der Waals surface area contributed by atoms with Crippen LogP contribution >= 0.6 is 0 Å². The molecule has 1 saturated heterocycles. The summed E-state index contributed by atoms with van der Waals surface area (Å²) in [6, 6.07) is -0.0370. The zero-order valence-electron chi connectivity index (χ0n) is 12.1. The van der Waals surface area contributed by atoms with E-state index in [1.165, 1.54) is 12.8 Å². The molecule has 0 aromatic heterocycles. The summed E-state index contributed by atoms with van der Waals surface area (Å²) in [5.74, 6) is 0.714. The third-order valence-corrected chi connectivity index (χ3v) is 3.72. The molecule has 1 N–H and O–H groups in total. The standard InChI is InChI=1S/C14H28N2O2/c1-4-13(14(17)18-6-3)16-9-7-12(8-10-16)11-15-5-2/h12-13,15H,4-11H2,1-3H3. The lowest BCUT2D eigenvalue weighted by molar-refractivity contribution is -0.150. The number of nitrogens with one attached hydrogen (secondary N) is 1. The number of carbonyl (C=O) groups is 1. The van der Waals surface area contributed by atoms with Gasteiger partial charge in [0.1, 0.15) is 6.04 Å². The van der Waals surface area contributed by atoms with Crippen molar-refractivity contribution in [1.82, 2.24) is 10.2 Å². The molecule has 0 spiro atoms. The first-order chi connectivity index (χ1) is 8.72. The Hall–Kier alpha value is -0.610. The van der Waals surface area contributed by atoms with E-state index in [9.17, 15) is 4.79 Å². The highest BCUT2D eigenvalue weighted by atomic mass is 16.5. The summed E-state index contributed by atoms with van der Waals surface area (Å²) in [4.78, 5) is 14.1. The molecule has 1 atom stereocenters. The molecular weight excluding hydrogens is 228 g/mol. The van der Waals surface area contributed by atoms with Gasteiger partial charge >= 0.3 is 5.97 Å². The number of hydrogen-bond acceptors (Lipinski definition) is 4. The summed E-state index contributed by atoms with van der Waals surface area (Å²) in [5, 5.41) is 3.41. The normalized spacial score (nSPS) is 19.7. The lowest BCUT2D eigenvalue weighted by atomic mass is 9.95. The average molecular weight is 256 g/mol. The summed E-state index contributed by atoms with van der Waals surface area (Å²) >= 11 is 0. The van der Waals surface area contributed by atoms with Gasteiger partial charge < -0.3 is 10.1 Å². The zero-order chi connectivity index (χ0) is 13.4. The molecule has 4 heteroatoms. The van der Waals surface area contributed by atoms with Crippen LogP contribution < -0.4 is 5.32 Å². The van der Waals surface area contributed by atoms with Crippen LogP contribution in [0.5, 0.6) is 0 Å². The second kappa shape index (κ2) is 8.48. The van der Waals surface area contributed by atoms with Crippen molar-refractivity contribution in [2.24, 2.45) is 5.92 Å². The molecule has 0 aromatic carbocycles. The van der Waals surface area contributed by atoms with Crippen molar-refractivity contribution in [1.29, 1.82) is 0 Å². The van der Waals surface area contributed by atoms with E-state index in [4.69, 9.17) is 4.74 Å². The maximum absolute atomic E-state index is 11.9. The van der Waals surface area contributed by atoms with Crippen molar-refractivity contribution >= 4 is 5.97 Å². The molecule has 1 heterocycles. The van der Waals surface area contributed by atoms with E-state index in [2.05, 4.69) is 24.1 Å². The molecular formula is C14H28N2O2. The van der Waals surface area contributed by atoms with Crippen molar-refractivity contribution < 1.29 is 9.53 Å². The van der Waals surface area contributed by atoms with Crippen LogP contribution in [-0.2, 0) is 9.53 Å². The van der Waals surface area contributed by atoms with Crippen LogP contribution in [0.15, 0.2) is 0 Å². The van der Waals surface area contributed by atoms with E-state index in [1.54, 1.807) is 0 Å². The third kappa shape index (κ3) is 4.58. The molecule has 0 amide bonds. The van der Waals surface area contributed by atoms with Gasteiger partial charge in [-0.25, -0.2) is 0 Å². The summed E-state index contributed by atoms with van der Waals surface area (Å²) in [7, 11) is 0. The first-order valence-electron chi connectivity index (χ1n) is 7.34. The Kier molecular flexibility index (Phi) is 7.28. The number of ether oxygens (including phenoxy) is 1. The Labute approximate surface area is 111 Å². The van der Waals surface area contributed by atoms with Gasteiger partial charge in [-0.2, -0.15) is 0 Å². The van der Waals surface area contributed by atoms with Gasteiger partial charge in [0.25, 0.3) is 0 Å². The number of carbonyl (C=O) groups excluding carboxylic acids is 1. The SMILES string of the molecule is CCNCC1CCN(C(CC)C(=O)OCC)CC1. The van der Waals surface area contributed by atoms with Crippen LogP contribution in [0.2, 0.25) is 0 Å². The second-order valence-electron chi connectivity index (χ2n) is 4.96. The Balaban J connectivity index is 2.37. The number of esters is 1. The average Bonchev–Trinajstić information content (AvgIpc) is 2.39. The topological polar surface area (TPSA) is 41.6 Å². The minimum absolute atomic E-state index is 0.0370. The van der Waals surface area contributed by atoms with Crippen LogP contribution in [-0.4, -0.2) is 49.7 Å². The van der Waals surface area contributed by atoms with Crippen molar-refractivity contribution in [2.45, 2.75) is 46.1 Å². The monoisotopic (exact) mass is 256 g/mol. The van der Waals surface area contributed by atoms with E-state index >= 15 is 0 Å². The molecule has 0 saturated carbocycles. The molecule has 4 nitrogen and oxygen atoms in total. The quantitative estimate of drug-likeness (QED) is 0.703. The second-order valence-corrected chi connectivity index (χ2v) is 4.96. The zero-order valence-corrected chi connectivity index (χ0v) is 12.1. The number of hydrogen-bond donors (Lipinski definition) is 1. The number of piperidine rings is 1. The van der Waals surface area contributed by atoms with Crippen LogP contribution in [0.1, 0.15) is 40.0 Å². The Morgan fingerprint density at radius 1 is 1.33 bits per heavy atom. The molecule has 0 bridgehead atoms. The van der Waals surface area contributed by atoms with Gasteiger partial charge in [-0.1, -0.05) is 13.8 Å². The highest BCUT2D eigenvalue weighted by molar-refractivity contribution is 5.75. The summed E-state index contributed by atoms with van der Waals surface area (Å²) < 4.78 is 5.15. The van der Waals surface area contributed by atoms with Crippen LogP contribution in [0, 0.1) is 5.92 Å². The van der Waals surface area contributed by atoms with E-state index in [0.717, 1.165) is 38.5 Å². The molecule has 18 heavy (non-hydrogen) atoms. The summed E-state index contributed by atoms with van der Waals surface area (Å²) in [6.45, 7) is 10.7. The van der Waals surface area contributed by atoms with Crippen LogP contribution in [0.4, 0.5) is 0 Å². The highest BCUT2D eigenvalue weighted by Gasteiger charge is 2.29. The van der Waals surface area contributed by atoms with E-state index in [1.807, 2.05) is 6.92 Å². The molecule has 0 aliphatic carbocycles. The lowest BCUT2D eigenvalue weighted by Gasteiger charge is -2.36. The van der Waals surface area contributed by atoms with E-state index in [0.29, 0.717) is 6.61 Å². The molecule has 1 aliphatic heterocycles. The lowest BCUT2D eigenvalue weighted by Crippen LogP contribution is -2.47. The predicted molar refractivity (Wildman–Crippen MR) is 73.6 cm³/mol. The Bertz CT molecular complexity index is 238. The molecule has 1 fully saturated rings. The first kappa shape index (κ1) is 15.4. The van der Waals surface area contributed by atoms with Crippen molar-refractivity contribution in [2.75, 3.05) is 32.8 Å². The number of likely N-dealkylation sites (tertiary alicyclic amines) is 1. The molecule has 1 aliphatic rings. The van der Waals surface area contributed by atoms with Gasteiger partial charge in [-0.05, 0) is 58.3 Å². The largest absolute Gasteiger partial charge is 0.465 e. The van der Waals surface area contributed by atoms with Gasteiger partial charge in [-0.3, -0.25) is 9.69 Å². The van der Waals surface area contributed by atoms with Crippen molar-refractivity contribution in [3.05, 3.63) is 0 Å². The van der Waals surface area contributed by atoms with E-state index in [-0.39, 0.29) is 12.0 Å². The minimum atomic E-state index is -0.0508. The predicted octanol–water partition coefficient (Wildman–Crippen LogP) is 1.65. The van der Waals surface area contributed by atoms with Gasteiger partial charge in [0.05, 0.1) is 6.61 Å². The fourth-order valence-corrected chi connectivity index (χ4v) is 2.63. The third-order valence-electron chi connectivity index (χ3n) is 3.72. The van der Waals surface area contributed by atoms with Crippen molar-refractivity contribution in [3.63, 3.8) is 0 Å². The Morgan fingerprint density at radius 3 is 2.50 bits per heavy atom. The summed E-state index contributed by atoms with van der Waals surface area (Å²) in [6.07, 6.45) is 3.21. The fourth-order valence-electron chi connectivity index (χ4n) is 2.63. The van der Waals surface area contributed by atoms with E-state index < -0.39 is 0 Å². The van der Waals surface area contributed by atoms with Crippen molar-refractivity contribution in [3.8, 4) is 0 Å². The van der Waals surface area contributed by atoms with Crippen LogP contribution in [0.25, 0.3) is 0 Å².